The van der Waals surface area contributed by atoms with Gasteiger partial charge in [0, 0.05) is 50.4 Å². The Kier molecular flexibility index (Phi) is 9.53. The summed E-state index contributed by atoms with van der Waals surface area (Å²) in [6.07, 6.45) is 6.92. The highest BCUT2D eigenvalue weighted by atomic mass is 35.5. The van der Waals surface area contributed by atoms with Gasteiger partial charge in [-0.2, -0.15) is 5.10 Å². The number of carbonyl (C=O) groups excluding carboxylic acids is 1. The van der Waals surface area contributed by atoms with Crippen LogP contribution in [0.4, 0.5) is 5.69 Å². The Morgan fingerprint density at radius 1 is 1.26 bits per heavy atom. The Bertz CT molecular complexity index is 1050. The molecule has 0 bridgehead atoms. The molecule has 1 amide bonds. The van der Waals surface area contributed by atoms with Crippen LogP contribution >= 0.6 is 11.6 Å². The number of hydrogen-bond acceptors (Lipinski definition) is 6. The summed E-state index contributed by atoms with van der Waals surface area (Å²) in [6.45, 7) is 12.6. The van der Waals surface area contributed by atoms with Crippen molar-refractivity contribution in [3.63, 3.8) is 0 Å². The van der Waals surface area contributed by atoms with E-state index >= 15 is 0 Å². The second-order valence-electron chi connectivity index (χ2n) is 8.03. The van der Waals surface area contributed by atoms with Gasteiger partial charge in [-0.3, -0.25) is 9.78 Å². The summed E-state index contributed by atoms with van der Waals surface area (Å²) < 4.78 is 8.09. The molecule has 0 spiro atoms. The first-order chi connectivity index (χ1) is 16.6. The van der Waals surface area contributed by atoms with Crippen LogP contribution in [0.1, 0.15) is 34.1 Å². The fraction of sp³-hybridized carbons (Fsp3) is 0.480. The highest BCUT2D eigenvalue weighted by Gasteiger charge is 2.20. The molecule has 34 heavy (non-hydrogen) atoms. The van der Waals surface area contributed by atoms with Gasteiger partial charge in [-0.25, -0.2) is 4.52 Å². The largest absolute Gasteiger partial charge is 0.488 e. The van der Waals surface area contributed by atoms with Crippen LogP contribution in [0.5, 0.6) is 5.75 Å². The molecule has 1 aliphatic heterocycles. The molecule has 9 heteroatoms. The molecule has 0 aliphatic carbocycles. The lowest BCUT2D eigenvalue weighted by Gasteiger charge is -2.29. The maximum absolute atomic E-state index is 10.7. The predicted molar refractivity (Wildman–Crippen MR) is 138 cm³/mol. The average Bonchev–Trinajstić information content (AvgIpc) is 3.27. The molecule has 184 valence electrons. The number of piperazine rings is 1. The van der Waals surface area contributed by atoms with E-state index in [0.29, 0.717) is 17.3 Å². The van der Waals surface area contributed by atoms with E-state index in [2.05, 4.69) is 33.6 Å². The van der Waals surface area contributed by atoms with Crippen LogP contribution in [0.15, 0.2) is 36.8 Å². The standard InChI is InChI=1S/C23H29ClN6O2.C2H6/c1-3-17(11-26-15-31)16(2)32-22-10-18(14-30-23(22)20(24)13-28-30)21-5-4-19(12-27-21)29-8-6-25-7-9-29;1-2/h4-5,10,12-17,25H,3,6-9,11H2,1-2H3,(H,26,31);1-2H3. The normalized spacial score (nSPS) is 15.3. The van der Waals surface area contributed by atoms with Crippen LogP contribution in [0.3, 0.4) is 0 Å². The molecule has 8 nitrogen and oxygen atoms in total. The second-order valence-corrected chi connectivity index (χ2v) is 8.44. The zero-order valence-electron chi connectivity index (χ0n) is 20.4. The topological polar surface area (TPSA) is 83.8 Å². The van der Waals surface area contributed by atoms with Crippen molar-refractivity contribution < 1.29 is 9.53 Å². The Labute approximate surface area is 206 Å². The molecular weight excluding hydrogens is 452 g/mol. The van der Waals surface area contributed by atoms with Crippen molar-refractivity contribution >= 4 is 29.2 Å². The molecule has 1 fully saturated rings. The third-order valence-corrected chi connectivity index (χ3v) is 6.30. The number of aromatic nitrogens is 3. The summed E-state index contributed by atoms with van der Waals surface area (Å²) in [5.74, 6) is 0.817. The fourth-order valence-corrected chi connectivity index (χ4v) is 4.31. The number of rotatable bonds is 9. The Morgan fingerprint density at radius 3 is 2.68 bits per heavy atom. The van der Waals surface area contributed by atoms with Gasteiger partial charge in [-0.1, -0.05) is 32.4 Å². The molecule has 0 aromatic carbocycles. The van der Waals surface area contributed by atoms with E-state index in [1.807, 2.05) is 45.3 Å². The minimum Gasteiger partial charge on any atom is -0.488 e. The van der Waals surface area contributed by atoms with Crippen LogP contribution < -0.4 is 20.3 Å². The molecule has 3 aromatic rings. The van der Waals surface area contributed by atoms with Gasteiger partial charge < -0.3 is 20.3 Å². The van der Waals surface area contributed by atoms with E-state index in [4.69, 9.17) is 21.3 Å². The lowest BCUT2D eigenvalue weighted by atomic mass is 10.0. The summed E-state index contributed by atoms with van der Waals surface area (Å²) in [5.41, 5.74) is 3.57. The molecule has 0 radical (unpaired) electrons. The van der Waals surface area contributed by atoms with E-state index in [1.165, 1.54) is 0 Å². The van der Waals surface area contributed by atoms with Crippen LogP contribution in [-0.2, 0) is 4.79 Å². The van der Waals surface area contributed by atoms with Crippen LogP contribution in [0.25, 0.3) is 16.8 Å². The van der Waals surface area contributed by atoms with Gasteiger partial charge in [-0.05, 0) is 31.5 Å². The van der Waals surface area contributed by atoms with Crippen LogP contribution in [-0.4, -0.2) is 59.8 Å². The molecule has 2 N–H and O–H groups in total. The van der Waals surface area contributed by atoms with Gasteiger partial charge in [-0.15, -0.1) is 0 Å². The lowest BCUT2D eigenvalue weighted by Crippen LogP contribution is -2.43. The Morgan fingerprint density at radius 2 is 2.03 bits per heavy atom. The predicted octanol–water partition coefficient (Wildman–Crippen LogP) is 4.03. The molecule has 2 unspecified atom stereocenters. The maximum atomic E-state index is 10.7. The minimum atomic E-state index is -0.125. The highest BCUT2D eigenvalue weighted by molar-refractivity contribution is 6.34. The number of halogens is 1. The van der Waals surface area contributed by atoms with Crippen LogP contribution in [0.2, 0.25) is 5.02 Å². The van der Waals surface area contributed by atoms with E-state index in [0.717, 1.165) is 61.5 Å². The number of ether oxygens (including phenoxy) is 1. The van der Waals surface area contributed by atoms with Gasteiger partial charge in [0.1, 0.15) is 17.4 Å². The minimum absolute atomic E-state index is 0.125. The number of hydrogen-bond donors (Lipinski definition) is 2. The molecule has 4 rings (SSSR count). The maximum Gasteiger partial charge on any atom is 0.207 e. The van der Waals surface area contributed by atoms with Crippen LogP contribution in [0, 0.1) is 5.92 Å². The number of anilines is 1. The van der Waals surface area contributed by atoms with Gasteiger partial charge >= 0.3 is 0 Å². The van der Waals surface area contributed by atoms with Gasteiger partial charge in [0.05, 0.1) is 28.8 Å². The third kappa shape index (κ3) is 5.98. The number of pyridine rings is 2. The Balaban J connectivity index is 0.00000158. The first-order valence-electron chi connectivity index (χ1n) is 12.0. The van der Waals surface area contributed by atoms with Crippen molar-refractivity contribution in [2.45, 2.75) is 40.2 Å². The molecule has 1 saturated heterocycles. The van der Waals surface area contributed by atoms with E-state index in [-0.39, 0.29) is 12.0 Å². The SMILES string of the molecule is CC.CCC(CNC=O)C(C)Oc1cc(-c2ccc(N3CCNCC3)cn2)cn2ncc(Cl)c12. The lowest BCUT2D eigenvalue weighted by molar-refractivity contribution is -0.109. The first-order valence-corrected chi connectivity index (χ1v) is 12.4. The summed E-state index contributed by atoms with van der Waals surface area (Å²) >= 11 is 6.42. The molecule has 4 heterocycles. The molecule has 2 atom stereocenters. The molecule has 0 saturated carbocycles. The number of fused-ring (bicyclic) bond motifs is 1. The van der Waals surface area contributed by atoms with Crippen molar-refractivity contribution in [3.8, 4) is 17.0 Å². The second kappa shape index (κ2) is 12.6. The van der Waals surface area contributed by atoms with Crippen molar-refractivity contribution in [2.24, 2.45) is 5.92 Å². The Hall–Kier alpha value is -2.84. The van der Waals surface area contributed by atoms with Crippen molar-refractivity contribution in [2.75, 3.05) is 37.6 Å². The fourth-order valence-electron chi connectivity index (χ4n) is 4.08. The number of nitrogens with one attached hydrogen (secondary N) is 2. The quantitative estimate of drug-likeness (QED) is 0.444. The van der Waals surface area contributed by atoms with Gasteiger partial charge in [0.2, 0.25) is 6.41 Å². The summed E-state index contributed by atoms with van der Waals surface area (Å²) in [6, 6.07) is 6.10. The van der Waals surface area contributed by atoms with Crippen molar-refractivity contribution in [3.05, 3.63) is 41.8 Å². The third-order valence-electron chi connectivity index (χ3n) is 6.02. The first kappa shape index (κ1) is 25.8. The zero-order valence-corrected chi connectivity index (χ0v) is 21.2. The van der Waals surface area contributed by atoms with E-state index < -0.39 is 0 Å². The summed E-state index contributed by atoms with van der Waals surface area (Å²) in [7, 11) is 0. The number of nitrogens with zero attached hydrogens (tertiary/aromatic N) is 4. The van der Waals surface area contributed by atoms with Gasteiger partial charge in [0.25, 0.3) is 0 Å². The molecule has 1 aliphatic rings. The van der Waals surface area contributed by atoms with Crippen molar-refractivity contribution in [1.29, 1.82) is 0 Å². The summed E-state index contributed by atoms with van der Waals surface area (Å²) in [4.78, 5) is 17.8. The number of amides is 1. The smallest absolute Gasteiger partial charge is 0.207 e. The van der Waals surface area contributed by atoms with E-state index in [1.54, 1.807) is 10.7 Å². The van der Waals surface area contributed by atoms with Gasteiger partial charge in [0.15, 0.2) is 0 Å². The van der Waals surface area contributed by atoms with E-state index in [9.17, 15) is 4.79 Å². The number of carbonyl (C=O) groups is 1. The summed E-state index contributed by atoms with van der Waals surface area (Å²) in [5, 5.41) is 11.0. The zero-order chi connectivity index (χ0) is 24.5. The highest BCUT2D eigenvalue weighted by Crippen LogP contribution is 2.33. The average molecular weight is 487 g/mol. The molecular formula is C25H35ClN6O2. The molecule has 3 aromatic heterocycles. The van der Waals surface area contributed by atoms with Crippen molar-refractivity contribution in [1.82, 2.24) is 25.2 Å². The monoisotopic (exact) mass is 486 g/mol.